The molecule has 0 radical (unpaired) electrons. The van der Waals surface area contributed by atoms with E-state index in [-0.39, 0.29) is 17.6 Å². The van der Waals surface area contributed by atoms with Crippen molar-refractivity contribution >= 4 is 18.6 Å². The van der Waals surface area contributed by atoms with Crippen molar-refractivity contribution < 1.29 is 23.2 Å². The molecule has 0 amide bonds. The summed E-state index contributed by atoms with van der Waals surface area (Å²) in [4.78, 5) is 12.3. The third-order valence-electron chi connectivity index (χ3n) is 3.22. The van der Waals surface area contributed by atoms with E-state index < -0.39 is 18.9 Å². The number of carbonyl (C=O) groups excluding carboxylic acids is 1. The Morgan fingerprint density at radius 2 is 1.96 bits per heavy atom. The molecule has 1 aromatic rings. The molecule has 5 nitrogen and oxygen atoms in total. The van der Waals surface area contributed by atoms with Crippen LogP contribution in [0.25, 0.3) is 0 Å². The maximum absolute atomic E-state index is 13.6. The van der Waals surface area contributed by atoms with Crippen LogP contribution in [-0.2, 0) is 14.0 Å². The second-order valence-electron chi connectivity index (χ2n) is 6.69. The van der Waals surface area contributed by atoms with Crippen molar-refractivity contribution in [1.29, 1.82) is 0 Å². The lowest BCUT2D eigenvalue weighted by atomic mass is 9.75. The van der Waals surface area contributed by atoms with Gasteiger partial charge in [0.05, 0.1) is 12.2 Å². The quantitative estimate of drug-likeness (QED) is 0.672. The van der Waals surface area contributed by atoms with Crippen molar-refractivity contribution in [1.82, 2.24) is 5.32 Å². The third-order valence-corrected chi connectivity index (χ3v) is 3.22. The van der Waals surface area contributed by atoms with E-state index in [9.17, 15) is 9.18 Å². The molecule has 1 N–H and O–H groups in total. The van der Waals surface area contributed by atoms with Gasteiger partial charge in [0.25, 0.3) is 0 Å². The fourth-order valence-corrected chi connectivity index (χ4v) is 2.10. The number of nitrogens with one attached hydrogen (secondary N) is 1. The zero-order valence-corrected chi connectivity index (χ0v) is 13.9. The third kappa shape index (κ3) is 5.60. The van der Waals surface area contributed by atoms with Gasteiger partial charge in [0.2, 0.25) is 0 Å². The first-order valence-corrected chi connectivity index (χ1v) is 7.77. The molecular formula is C16H23BFNO4. The van der Waals surface area contributed by atoms with Crippen LogP contribution in [0.15, 0.2) is 18.2 Å². The Morgan fingerprint density at radius 3 is 2.57 bits per heavy atom. The van der Waals surface area contributed by atoms with Crippen LogP contribution >= 0.6 is 0 Å². The Labute approximate surface area is 136 Å². The van der Waals surface area contributed by atoms with Crippen LogP contribution in [0.3, 0.4) is 0 Å². The average Bonchev–Trinajstić information content (AvgIpc) is 2.44. The highest BCUT2D eigenvalue weighted by molar-refractivity contribution is 6.62. The predicted molar refractivity (Wildman–Crippen MR) is 86.3 cm³/mol. The normalized spacial score (nSPS) is 16.6. The molecule has 1 aromatic carbocycles. The zero-order valence-electron chi connectivity index (χ0n) is 13.9. The summed E-state index contributed by atoms with van der Waals surface area (Å²) in [6.45, 7) is 8.41. The topological polar surface area (TPSA) is 56.8 Å². The number of ether oxygens (including phenoxy) is 1. The smallest absolute Gasteiger partial charge is 0.462 e. The van der Waals surface area contributed by atoms with Gasteiger partial charge in [-0.3, -0.25) is 0 Å². The van der Waals surface area contributed by atoms with Crippen LogP contribution < -0.4 is 10.8 Å². The minimum atomic E-state index is -0.699. The van der Waals surface area contributed by atoms with E-state index in [1.807, 2.05) is 20.8 Å². The van der Waals surface area contributed by atoms with E-state index in [1.54, 1.807) is 0 Å². The minimum absolute atomic E-state index is 0.146. The molecule has 126 valence electrons. The number of hydrogen-bond acceptors (Lipinski definition) is 5. The van der Waals surface area contributed by atoms with Gasteiger partial charge < -0.3 is 19.4 Å². The number of carbonyl (C=O) groups is 1. The molecular weight excluding hydrogens is 300 g/mol. The molecule has 0 aromatic heterocycles. The number of hydrogen-bond donors (Lipinski definition) is 1. The van der Waals surface area contributed by atoms with Crippen molar-refractivity contribution in [2.45, 2.75) is 20.8 Å². The Balaban J connectivity index is 2.20. The summed E-state index contributed by atoms with van der Waals surface area (Å²) in [5.41, 5.74) is 0.474. The van der Waals surface area contributed by atoms with Gasteiger partial charge in [-0.25, -0.2) is 9.18 Å². The highest BCUT2D eigenvalue weighted by atomic mass is 19.1. The molecule has 0 aliphatic carbocycles. The molecule has 2 rings (SSSR count). The van der Waals surface area contributed by atoms with Crippen LogP contribution in [0, 0.1) is 11.2 Å². The van der Waals surface area contributed by atoms with Gasteiger partial charge in [0, 0.05) is 26.3 Å². The SMILES string of the molecule is CC(C)(C)COC(=O)c1cc(F)ccc1B1OCCNCCO1. The molecule has 23 heavy (non-hydrogen) atoms. The maximum atomic E-state index is 13.6. The van der Waals surface area contributed by atoms with Crippen molar-refractivity contribution in [3.63, 3.8) is 0 Å². The lowest BCUT2D eigenvalue weighted by molar-refractivity contribution is 0.0367. The summed E-state index contributed by atoms with van der Waals surface area (Å²) in [5.74, 6) is -1.06. The van der Waals surface area contributed by atoms with Gasteiger partial charge in [-0.2, -0.15) is 0 Å². The van der Waals surface area contributed by atoms with Gasteiger partial charge in [-0.15, -0.1) is 0 Å². The monoisotopic (exact) mass is 323 g/mol. The molecule has 0 saturated carbocycles. The second kappa shape index (κ2) is 7.90. The summed E-state index contributed by atoms with van der Waals surface area (Å²) in [7, 11) is -0.699. The fourth-order valence-electron chi connectivity index (χ4n) is 2.10. The van der Waals surface area contributed by atoms with Gasteiger partial charge >= 0.3 is 13.1 Å². The Bertz CT molecular complexity index is 539. The molecule has 1 aliphatic rings. The summed E-state index contributed by atoms with van der Waals surface area (Å²) in [6.07, 6.45) is 0. The number of rotatable bonds is 3. The van der Waals surface area contributed by atoms with E-state index in [2.05, 4.69) is 5.32 Å². The van der Waals surface area contributed by atoms with Crippen LogP contribution in [0.4, 0.5) is 4.39 Å². The highest BCUT2D eigenvalue weighted by Gasteiger charge is 2.29. The Hall–Kier alpha value is -1.44. The molecule has 0 atom stereocenters. The number of halogens is 1. The van der Waals surface area contributed by atoms with Crippen molar-refractivity contribution in [2.24, 2.45) is 5.41 Å². The van der Waals surface area contributed by atoms with E-state index >= 15 is 0 Å². The summed E-state index contributed by atoms with van der Waals surface area (Å²) < 4.78 is 30.2. The molecule has 7 heteroatoms. The first-order chi connectivity index (χ1) is 10.9. The van der Waals surface area contributed by atoms with Gasteiger partial charge in [0.1, 0.15) is 5.82 Å². The standard InChI is InChI=1S/C16H23BFNO4/c1-16(2,3)11-21-15(20)13-10-12(18)4-5-14(13)17-22-8-6-19-7-9-23-17/h4-5,10,19H,6-9,11H2,1-3H3. The maximum Gasteiger partial charge on any atom is 0.494 e. The second-order valence-corrected chi connectivity index (χ2v) is 6.69. The van der Waals surface area contributed by atoms with E-state index in [4.69, 9.17) is 14.0 Å². The first-order valence-electron chi connectivity index (χ1n) is 7.77. The molecule has 0 unspecified atom stereocenters. The van der Waals surface area contributed by atoms with E-state index in [0.717, 1.165) is 0 Å². The predicted octanol–water partition coefficient (Wildman–Crippen LogP) is 1.36. The Kier molecular flexibility index (Phi) is 6.15. The molecule has 1 aliphatic heterocycles. The summed E-state index contributed by atoms with van der Waals surface area (Å²) >= 11 is 0. The fraction of sp³-hybridized carbons (Fsp3) is 0.562. The van der Waals surface area contributed by atoms with Crippen LogP contribution in [-0.4, -0.2) is 46.0 Å². The van der Waals surface area contributed by atoms with Gasteiger partial charge in [-0.1, -0.05) is 26.8 Å². The molecule has 1 fully saturated rings. The van der Waals surface area contributed by atoms with Crippen LogP contribution in [0.2, 0.25) is 0 Å². The average molecular weight is 323 g/mol. The Morgan fingerprint density at radius 1 is 1.30 bits per heavy atom. The molecule has 1 heterocycles. The zero-order chi connectivity index (χ0) is 16.9. The van der Waals surface area contributed by atoms with Crippen molar-refractivity contribution in [3.8, 4) is 0 Å². The van der Waals surface area contributed by atoms with E-state index in [1.165, 1.54) is 18.2 Å². The highest BCUT2D eigenvalue weighted by Crippen LogP contribution is 2.15. The molecule has 1 saturated heterocycles. The first kappa shape index (κ1) is 17.9. The summed E-state index contributed by atoms with van der Waals surface area (Å²) in [5, 5.41) is 3.14. The lowest BCUT2D eigenvalue weighted by Gasteiger charge is -2.21. The van der Waals surface area contributed by atoms with E-state index in [0.29, 0.717) is 31.8 Å². The van der Waals surface area contributed by atoms with Crippen molar-refractivity contribution in [3.05, 3.63) is 29.6 Å². The number of benzene rings is 1. The number of esters is 1. The van der Waals surface area contributed by atoms with Crippen LogP contribution in [0.1, 0.15) is 31.1 Å². The lowest BCUT2D eigenvalue weighted by Crippen LogP contribution is -2.45. The van der Waals surface area contributed by atoms with Gasteiger partial charge in [0.15, 0.2) is 0 Å². The van der Waals surface area contributed by atoms with Gasteiger partial charge in [-0.05, 0) is 23.0 Å². The molecule has 0 spiro atoms. The minimum Gasteiger partial charge on any atom is -0.462 e. The largest absolute Gasteiger partial charge is 0.494 e. The summed E-state index contributed by atoms with van der Waals surface area (Å²) in [6, 6.07) is 3.98. The van der Waals surface area contributed by atoms with Crippen LogP contribution in [0.5, 0.6) is 0 Å². The van der Waals surface area contributed by atoms with Crippen molar-refractivity contribution in [2.75, 3.05) is 32.9 Å². The molecule has 0 bridgehead atoms.